The van der Waals surface area contributed by atoms with Crippen LogP contribution in [0.1, 0.15) is 26.3 Å². The molecule has 0 fully saturated rings. The summed E-state index contributed by atoms with van der Waals surface area (Å²) in [6.45, 7) is 4.33. The van der Waals surface area contributed by atoms with E-state index in [9.17, 15) is 0 Å². The smallest absolute Gasteiger partial charge is 0.0805 e. The Hall–Kier alpha value is -1.08. The van der Waals surface area contributed by atoms with E-state index in [1.165, 1.54) is 0 Å². The van der Waals surface area contributed by atoms with Gasteiger partial charge in [0.05, 0.1) is 5.60 Å². The van der Waals surface area contributed by atoms with Crippen molar-refractivity contribution < 1.29 is 6.11 Å². The van der Waals surface area contributed by atoms with Crippen LogP contribution in [-0.2, 0) is 4.74 Å². The lowest BCUT2D eigenvalue weighted by atomic mass is 10.0. The minimum atomic E-state index is -0.255. The maximum absolute atomic E-state index is 7.40. The molecule has 1 aromatic rings. The molecule has 0 radical (unpaired) electrons. The van der Waals surface area contributed by atoms with Gasteiger partial charge in [-0.15, -0.1) is 0 Å². The van der Waals surface area contributed by atoms with Crippen LogP contribution < -0.4 is 0 Å². The van der Waals surface area contributed by atoms with Crippen molar-refractivity contribution >= 4 is 6.08 Å². The van der Waals surface area contributed by atoms with Crippen molar-refractivity contribution in [3.8, 4) is 0 Å². The summed E-state index contributed by atoms with van der Waals surface area (Å²) in [6, 6.07) is 7.94. The first-order valence-electron chi connectivity index (χ1n) is 5.41. The van der Waals surface area contributed by atoms with Gasteiger partial charge in [0.2, 0.25) is 0 Å². The van der Waals surface area contributed by atoms with E-state index in [4.69, 9.17) is 6.11 Å². The minimum absolute atomic E-state index is 0.255. The molecular weight excluding hydrogens is 172 g/mol. The third-order valence-corrected chi connectivity index (χ3v) is 2.25. The zero-order valence-electron chi connectivity index (χ0n) is 10.1. The van der Waals surface area contributed by atoms with Crippen LogP contribution in [-0.4, -0.2) is 12.7 Å². The van der Waals surface area contributed by atoms with E-state index in [2.05, 4.69) is 0 Å². The Morgan fingerprint density at radius 2 is 2.07 bits per heavy atom. The maximum Gasteiger partial charge on any atom is 0.0805 e. The van der Waals surface area contributed by atoms with E-state index in [-0.39, 0.29) is 5.60 Å². The predicted molar refractivity (Wildman–Crippen MR) is 61.3 cm³/mol. The molecule has 1 heteroatoms. The van der Waals surface area contributed by atoms with Crippen LogP contribution in [0.4, 0.5) is 0 Å². The summed E-state index contributed by atoms with van der Waals surface area (Å²) in [4.78, 5) is 0. The van der Waals surface area contributed by atoms with E-state index < -0.39 is 0 Å². The van der Waals surface area contributed by atoms with Crippen LogP contribution >= 0.6 is 0 Å². The molecule has 0 aromatic heterocycles. The Balaban J connectivity index is 2.89. The third-order valence-electron chi connectivity index (χ3n) is 2.25. The fourth-order valence-electron chi connectivity index (χ4n) is 1.06. The van der Waals surface area contributed by atoms with Crippen LogP contribution in [0.15, 0.2) is 30.3 Å². The molecule has 0 aliphatic heterocycles. The molecule has 0 atom stereocenters. The van der Waals surface area contributed by atoms with Gasteiger partial charge >= 0.3 is 0 Å². The minimum Gasteiger partial charge on any atom is -0.375 e. The molecule has 0 spiro atoms. The molecule has 0 aliphatic rings. The van der Waals surface area contributed by atoms with Gasteiger partial charge in [-0.3, -0.25) is 0 Å². The van der Waals surface area contributed by atoms with E-state index in [0.717, 1.165) is 11.1 Å². The highest BCUT2D eigenvalue weighted by Gasteiger charge is 2.10. The Morgan fingerprint density at radius 3 is 2.71 bits per heavy atom. The van der Waals surface area contributed by atoms with E-state index >= 15 is 0 Å². The van der Waals surface area contributed by atoms with Gasteiger partial charge in [-0.1, -0.05) is 36.4 Å². The lowest BCUT2D eigenvalue weighted by Crippen LogP contribution is -2.18. The van der Waals surface area contributed by atoms with Gasteiger partial charge in [-0.25, -0.2) is 0 Å². The number of rotatable bonds is 3. The molecule has 0 aliphatic carbocycles. The number of ether oxygens (including phenoxy) is 1. The Kier molecular flexibility index (Phi) is 3.00. The first kappa shape index (κ1) is 9.47. The van der Waals surface area contributed by atoms with Crippen LogP contribution in [0.5, 0.6) is 0 Å². The fourth-order valence-corrected chi connectivity index (χ4v) is 1.06. The molecule has 0 N–H and O–H groups in total. The molecule has 0 bridgehead atoms. The topological polar surface area (TPSA) is 9.23 Å². The molecule has 1 aromatic carbocycles. The molecule has 14 heavy (non-hydrogen) atoms. The van der Waals surface area contributed by atoms with Gasteiger partial charge in [0.15, 0.2) is 0 Å². The lowest BCUT2D eigenvalue weighted by Gasteiger charge is -2.17. The van der Waals surface area contributed by atoms with Crippen molar-refractivity contribution in [3.05, 3.63) is 41.5 Å². The Labute approximate surface area is 87.8 Å². The van der Waals surface area contributed by atoms with Crippen molar-refractivity contribution in [2.75, 3.05) is 7.11 Å². The number of aryl methyl sites for hydroxylation is 1. The van der Waals surface area contributed by atoms with Gasteiger partial charge in [-0.2, -0.15) is 0 Å². The highest BCUT2D eigenvalue weighted by Crippen LogP contribution is 2.14. The predicted octanol–water partition coefficient (Wildman–Crippen LogP) is 3.43. The second-order valence-electron chi connectivity index (χ2n) is 3.84. The molecule has 76 valence electrons. The van der Waals surface area contributed by atoms with Crippen molar-refractivity contribution in [3.63, 3.8) is 0 Å². The average Bonchev–Trinajstić information content (AvgIpc) is 2.27. The monoisotopic (exact) mass is 191 g/mol. The average molecular weight is 191 g/mol. The Bertz CT molecular complexity index is 342. The summed E-state index contributed by atoms with van der Waals surface area (Å²) in [7, 11) is 1.70. The molecule has 0 heterocycles. The van der Waals surface area contributed by atoms with Crippen molar-refractivity contribution in [1.29, 1.82) is 0 Å². The summed E-state index contributed by atoms with van der Waals surface area (Å²) < 4.78 is 12.7. The standard InChI is InChI=1S/C13H18O/c1-11-7-5-6-8-12(11)9-10-13(2,3)14-4/h5-10H,1-4H3/b10-9+/i1D. The van der Waals surface area contributed by atoms with E-state index in [1.54, 1.807) is 7.11 Å². The first-order valence-corrected chi connectivity index (χ1v) is 4.70. The number of hydrogen-bond donors (Lipinski definition) is 0. The largest absolute Gasteiger partial charge is 0.375 e. The summed E-state index contributed by atoms with van der Waals surface area (Å²) in [5.74, 6) is 0. The lowest BCUT2D eigenvalue weighted by molar-refractivity contribution is 0.0663. The molecule has 1 nitrogen and oxygen atoms in total. The van der Waals surface area contributed by atoms with E-state index in [0.29, 0.717) is 6.90 Å². The fraction of sp³-hybridized carbons (Fsp3) is 0.385. The van der Waals surface area contributed by atoms with Crippen LogP contribution in [0.2, 0.25) is 0 Å². The quantitative estimate of drug-likeness (QED) is 0.711. The van der Waals surface area contributed by atoms with Crippen LogP contribution in [0.25, 0.3) is 6.08 Å². The van der Waals surface area contributed by atoms with Gasteiger partial charge in [0.25, 0.3) is 0 Å². The van der Waals surface area contributed by atoms with E-state index in [1.807, 2.05) is 50.3 Å². The molecule has 0 saturated heterocycles. The summed E-state index contributed by atoms with van der Waals surface area (Å²) in [5.41, 5.74) is 1.88. The van der Waals surface area contributed by atoms with Gasteiger partial charge in [0, 0.05) is 8.48 Å². The third kappa shape index (κ3) is 3.00. The highest BCUT2D eigenvalue weighted by molar-refractivity contribution is 5.54. The molecule has 1 rings (SSSR count). The molecule has 0 amide bonds. The van der Waals surface area contributed by atoms with Crippen LogP contribution in [0, 0.1) is 6.90 Å². The number of benzene rings is 1. The molecule has 0 unspecified atom stereocenters. The van der Waals surface area contributed by atoms with Crippen molar-refractivity contribution in [2.24, 2.45) is 0 Å². The normalized spacial score (nSPS) is 13.2. The maximum atomic E-state index is 7.40. The second kappa shape index (κ2) is 4.43. The summed E-state index contributed by atoms with van der Waals surface area (Å²) in [5, 5.41) is 0. The second-order valence-corrected chi connectivity index (χ2v) is 3.84. The van der Waals surface area contributed by atoms with Crippen molar-refractivity contribution in [2.45, 2.75) is 26.3 Å². The Morgan fingerprint density at radius 1 is 1.36 bits per heavy atom. The zero-order valence-corrected chi connectivity index (χ0v) is 9.08. The summed E-state index contributed by atoms with van der Waals surface area (Å²) in [6.07, 6.45) is 4.04. The van der Waals surface area contributed by atoms with Crippen molar-refractivity contribution in [1.82, 2.24) is 0 Å². The van der Waals surface area contributed by atoms with Gasteiger partial charge in [0.1, 0.15) is 0 Å². The highest BCUT2D eigenvalue weighted by atomic mass is 16.5. The van der Waals surface area contributed by atoms with Crippen LogP contribution in [0.3, 0.4) is 0 Å². The SMILES string of the molecule is [2H]Cc1ccccc1/C=C/C(C)(C)OC. The van der Waals surface area contributed by atoms with Gasteiger partial charge in [-0.05, 0) is 31.9 Å². The van der Waals surface area contributed by atoms with Gasteiger partial charge < -0.3 is 4.74 Å². The molecule has 0 saturated carbocycles. The molecular formula is C13H18O. The summed E-state index contributed by atoms with van der Waals surface area (Å²) >= 11 is 0. The first-order chi connectivity index (χ1) is 7.09. The number of methoxy groups -OCH3 is 1. The number of hydrogen-bond acceptors (Lipinski definition) is 1. The zero-order chi connectivity index (χ0) is 11.3.